The number of hydrogen-bond donors (Lipinski definition) is 2. The van der Waals surface area contributed by atoms with Gasteiger partial charge in [0.2, 0.25) is 0 Å². The molecule has 0 aromatic carbocycles. The molecule has 0 fully saturated rings. The lowest BCUT2D eigenvalue weighted by Crippen LogP contribution is -2.44. The van der Waals surface area contributed by atoms with Crippen LogP contribution in [-0.2, 0) is 9.47 Å². The van der Waals surface area contributed by atoms with E-state index >= 15 is 0 Å². The van der Waals surface area contributed by atoms with Gasteiger partial charge >= 0.3 is 0 Å². The lowest BCUT2D eigenvalue weighted by molar-refractivity contribution is -0.00572. The summed E-state index contributed by atoms with van der Waals surface area (Å²) < 4.78 is 10.5. The molecule has 2 N–H and O–H groups in total. The molecule has 0 heterocycles. The zero-order chi connectivity index (χ0) is 12.4. The van der Waals surface area contributed by atoms with Crippen LogP contribution >= 0.6 is 12.2 Å². The summed E-state index contributed by atoms with van der Waals surface area (Å²) in [6.07, 6.45) is 0.952. The van der Waals surface area contributed by atoms with Gasteiger partial charge in [-0.25, -0.2) is 0 Å². The average Bonchev–Trinajstić information content (AvgIpc) is 2.22. The summed E-state index contributed by atoms with van der Waals surface area (Å²) >= 11 is 5.14. The van der Waals surface area contributed by atoms with Crippen LogP contribution in [0.1, 0.15) is 27.2 Å². The third kappa shape index (κ3) is 8.88. The minimum absolute atomic E-state index is 0.187. The fourth-order valence-corrected chi connectivity index (χ4v) is 1.39. The maximum absolute atomic E-state index is 5.55. The molecule has 0 radical (unpaired) electrons. The first-order chi connectivity index (χ1) is 7.52. The van der Waals surface area contributed by atoms with Gasteiger partial charge in [0.05, 0.1) is 5.60 Å². The first-order valence-electron chi connectivity index (χ1n) is 5.66. The first kappa shape index (κ1) is 15.6. The molecule has 16 heavy (non-hydrogen) atoms. The normalized spacial score (nSPS) is 11.2. The third-order valence-electron chi connectivity index (χ3n) is 2.02. The highest BCUT2D eigenvalue weighted by atomic mass is 32.1. The van der Waals surface area contributed by atoms with Crippen molar-refractivity contribution in [1.82, 2.24) is 10.6 Å². The van der Waals surface area contributed by atoms with E-state index in [1.807, 2.05) is 20.8 Å². The van der Waals surface area contributed by atoms with Gasteiger partial charge in [0.25, 0.3) is 0 Å². The molecule has 0 saturated heterocycles. The largest absolute Gasteiger partial charge is 0.385 e. The monoisotopic (exact) mass is 248 g/mol. The second-order valence-corrected chi connectivity index (χ2v) is 4.56. The summed E-state index contributed by atoms with van der Waals surface area (Å²) in [6.45, 7) is 9.06. The van der Waals surface area contributed by atoms with Crippen molar-refractivity contribution >= 4 is 17.3 Å². The summed E-state index contributed by atoms with van der Waals surface area (Å²) in [6, 6.07) is 0. The number of nitrogens with one attached hydrogen (secondary N) is 2. The Morgan fingerprint density at radius 1 is 1.31 bits per heavy atom. The van der Waals surface area contributed by atoms with Crippen LogP contribution in [0.3, 0.4) is 0 Å². The predicted molar refractivity (Wildman–Crippen MR) is 70.8 cm³/mol. The molecule has 0 aromatic heterocycles. The van der Waals surface area contributed by atoms with Crippen molar-refractivity contribution in [3.63, 3.8) is 0 Å². The Morgan fingerprint density at radius 2 is 2.00 bits per heavy atom. The molecule has 0 atom stereocenters. The van der Waals surface area contributed by atoms with E-state index in [0.717, 1.165) is 19.6 Å². The fraction of sp³-hybridized carbons (Fsp3) is 0.909. The highest BCUT2D eigenvalue weighted by Crippen LogP contribution is 2.06. The number of thiocarbonyl (C=S) groups is 1. The summed E-state index contributed by atoms with van der Waals surface area (Å²) in [7, 11) is 1.70. The smallest absolute Gasteiger partial charge is 0.166 e. The van der Waals surface area contributed by atoms with Crippen LogP contribution in [0.4, 0.5) is 0 Å². The number of hydrogen-bond acceptors (Lipinski definition) is 3. The summed E-state index contributed by atoms with van der Waals surface area (Å²) in [5.41, 5.74) is -0.187. The van der Waals surface area contributed by atoms with Crippen molar-refractivity contribution in [3.05, 3.63) is 0 Å². The average molecular weight is 248 g/mol. The van der Waals surface area contributed by atoms with Crippen LogP contribution in [0.25, 0.3) is 0 Å². The molecule has 0 aromatic rings. The lowest BCUT2D eigenvalue weighted by atomic mass is 10.1. The van der Waals surface area contributed by atoms with E-state index < -0.39 is 0 Å². The minimum atomic E-state index is -0.187. The Bertz CT molecular complexity index is 198. The van der Waals surface area contributed by atoms with Crippen molar-refractivity contribution < 1.29 is 9.47 Å². The third-order valence-corrected chi connectivity index (χ3v) is 2.31. The van der Waals surface area contributed by atoms with Crippen LogP contribution in [-0.4, -0.2) is 44.1 Å². The number of ether oxygens (including phenoxy) is 2. The molecule has 4 nitrogen and oxygen atoms in total. The Hall–Kier alpha value is -0.390. The van der Waals surface area contributed by atoms with Crippen molar-refractivity contribution in [3.8, 4) is 0 Å². The number of methoxy groups -OCH3 is 1. The van der Waals surface area contributed by atoms with E-state index in [9.17, 15) is 0 Å². The molecule has 0 bridgehead atoms. The standard InChI is InChI=1S/C11H24N2O2S/c1-5-15-11(2,3)9-13-10(16)12-7-6-8-14-4/h5-9H2,1-4H3,(H2,12,13,16). The fourth-order valence-electron chi connectivity index (χ4n) is 1.22. The Labute approximate surface area is 104 Å². The molecule has 0 aliphatic heterocycles. The van der Waals surface area contributed by atoms with Gasteiger partial charge in [-0.05, 0) is 39.4 Å². The molecule has 0 amide bonds. The molecular formula is C11H24N2O2S. The highest BCUT2D eigenvalue weighted by Gasteiger charge is 2.17. The zero-order valence-electron chi connectivity index (χ0n) is 10.8. The molecule has 96 valence electrons. The lowest BCUT2D eigenvalue weighted by Gasteiger charge is -2.25. The van der Waals surface area contributed by atoms with Crippen LogP contribution < -0.4 is 10.6 Å². The molecule has 0 aliphatic carbocycles. The van der Waals surface area contributed by atoms with Crippen molar-refractivity contribution in [2.24, 2.45) is 0 Å². The SMILES string of the molecule is CCOC(C)(C)CNC(=S)NCCCOC. The van der Waals surface area contributed by atoms with Crippen LogP contribution in [0, 0.1) is 0 Å². The van der Waals surface area contributed by atoms with E-state index in [1.165, 1.54) is 0 Å². The van der Waals surface area contributed by atoms with Crippen LogP contribution in [0.2, 0.25) is 0 Å². The van der Waals surface area contributed by atoms with Crippen LogP contribution in [0.5, 0.6) is 0 Å². The second kappa shape index (κ2) is 8.73. The van der Waals surface area contributed by atoms with E-state index in [4.69, 9.17) is 21.7 Å². The zero-order valence-corrected chi connectivity index (χ0v) is 11.6. The topological polar surface area (TPSA) is 42.5 Å². The van der Waals surface area contributed by atoms with Gasteiger partial charge in [0.15, 0.2) is 5.11 Å². The second-order valence-electron chi connectivity index (χ2n) is 4.15. The van der Waals surface area contributed by atoms with E-state index in [0.29, 0.717) is 18.3 Å². The maximum atomic E-state index is 5.55. The highest BCUT2D eigenvalue weighted by molar-refractivity contribution is 7.80. The Balaban J connectivity index is 3.56. The van der Waals surface area contributed by atoms with Gasteiger partial charge in [0, 0.05) is 33.4 Å². The van der Waals surface area contributed by atoms with Gasteiger partial charge in [-0.3, -0.25) is 0 Å². The molecule has 0 aliphatic rings. The number of rotatable bonds is 8. The van der Waals surface area contributed by atoms with Gasteiger partial charge in [-0.1, -0.05) is 0 Å². The summed E-state index contributed by atoms with van der Waals surface area (Å²) in [4.78, 5) is 0. The summed E-state index contributed by atoms with van der Waals surface area (Å²) in [5, 5.41) is 6.93. The summed E-state index contributed by atoms with van der Waals surface area (Å²) in [5.74, 6) is 0. The molecule has 0 rings (SSSR count). The van der Waals surface area contributed by atoms with Crippen molar-refractivity contribution in [2.75, 3.05) is 33.4 Å². The van der Waals surface area contributed by atoms with Gasteiger partial charge in [0.1, 0.15) is 0 Å². The predicted octanol–water partition coefficient (Wildman–Crippen LogP) is 1.30. The van der Waals surface area contributed by atoms with E-state index in [-0.39, 0.29) is 5.60 Å². The molecule has 0 unspecified atom stereocenters. The van der Waals surface area contributed by atoms with E-state index in [1.54, 1.807) is 7.11 Å². The molecular weight excluding hydrogens is 224 g/mol. The van der Waals surface area contributed by atoms with Gasteiger partial charge in [-0.2, -0.15) is 0 Å². The maximum Gasteiger partial charge on any atom is 0.166 e. The Morgan fingerprint density at radius 3 is 2.56 bits per heavy atom. The minimum Gasteiger partial charge on any atom is -0.385 e. The van der Waals surface area contributed by atoms with E-state index in [2.05, 4.69) is 10.6 Å². The van der Waals surface area contributed by atoms with Gasteiger partial charge in [-0.15, -0.1) is 0 Å². The first-order valence-corrected chi connectivity index (χ1v) is 6.07. The van der Waals surface area contributed by atoms with Gasteiger partial charge < -0.3 is 20.1 Å². The Kier molecular flexibility index (Phi) is 8.51. The van der Waals surface area contributed by atoms with Crippen molar-refractivity contribution in [1.29, 1.82) is 0 Å². The van der Waals surface area contributed by atoms with Crippen molar-refractivity contribution in [2.45, 2.75) is 32.8 Å². The quantitative estimate of drug-likeness (QED) is 0.501. The molecule has 0 spiro atoms. The molecule has 5 heteroatoms. The molecule has 0 saturated carbocycles. The van der Waals surface area contributed by atoms with Crippen LogP contribution in [0.15, 0.2) is 0 Å².